The zero-order valence-corrected chi connectivity index (χ0v) is 55.3. The predicted octanol–water partition coefficient (Wildman–Crippen LogP) is 6.89. The van der Waals surface area contributed by atoms with Gasteiger partial charge in [-0.3, -0.25) is 28.3 Å². The quantitative estimate of drug-likeness (QED) is 0.00824. The fraction of sp³-hybridized carbons (Fsp3) is 0.274. The van der Waals surface area contributed by atoms with Gasteiger partial charge in [0.25, 0.3) is 5.91 Å². The van der Waals surface area contributed by atoms with Gasteiger partial charge in [0, 0.05) is 52.6 Å². The number of urea groups is 1. The molecule has 0 spiro atoms. The summed E-state index contributed by atoms with van der Waals surface area (Å²) in [6.45, 7) is 16.4. The maximum Gasteiger partial charge on any atom is 0.349 e. The van der Waals surface area contributed by atoms with Crippen LogP contribution in [0.15, 0.2) is 108 Å². The number of rotatable bonds is 22. The number of phosphoric ester groups is 2. The summed E-state index contributed by atoms with van der Waals surface area (Å²) in [5, 5.41) is 30.3. The molecule has 0 saturated heterocycles. The van der Waals surface area contributed by atoms with Crippen molar-refractivity contribution in [1.29, 1.82) is 0 Å². The number of phosphoric acid groups is 2. The fourth-order valence-corrected chi connectivity index (χ4v) is 10.2. The van der Waals surface area contributed by atoms with Gasteiger partial charge < -0.3 is 85.1 Å². The van der Waals surface area contributed by atoms with Crippen molar-refractivity contribution in [2.24, 2.45) is 17.2 Å². The molecule has 0 radical (unpaired) electrons. The van der Waals surface area contributed by atoms with Gasteiger partial charge in [-0.25, -0.2) is 40.7 Å². The van der Waals surface area contributed by atoms with Crippen LogP contribution < -0.4 is 57.3 Å². The van der Waals surface area contributed by atoms with Crippen LogP contribution in [0.4, 0.5) is 35.5 Å². The van der Waals surface area contributed by atoms with Crippen molar-refractivity contribution in [2.45, 2.75) is 78.3 Å². The lowest BCUT2D eigenvalue weighted by atomic mass is 9.89. The molecule has 1 aliphatic carbocycles. The van der Waals surface area contributed by atoms with Gasteiger partial charge in [-0.05, 0) is 87.0 Å². The van der Waals surface area contributed by atoms with Crippen LogP contribution in [0.25, 0.3) is 44.4 Å². The van der Waals surface area contributed by atoms with Crippen molar-refractivity contribution < 1.29 is 122 Å². The minimum atomic E-state index is -5.11. The predicted molar refractivity (Wildman–Crippen MR) is 339 cm³/mol. The van der Waals surface area contributed by atoms with E-state index in [2.05, 4.69) is 53.4 Å². The number of halogens is 7. The molecule has 26 nitrogen and oxygen atoms in total. The van der Waals surface area contributed by atoms with Crippen molar-refractivity contribution in [2.75, 3.05) is 38.5 Å². The molecule has 2 aliphatic rings. The molecule has 3 unspecified atom stereocenters. The van der Waals surface area contributed by atoms with Crippen LogP contribution in [0.3, 0.4) is 0 Å². The number of carbonyl (C=O) groups is 5. The third kappa shape index (κ3) is 22.3. The van der Waals surface area contributed by atoms with Gasteiger partial charge in [-0.15, -0.1) is 11.8 Å². The summed E-state index contributed by atoms with van der Waals surface area (Å²) in [5.41, 5.74) is 7.45. The monoisotopic (exact) mass is 1440 g/mol. The Morgan fingerprint density at radius 3 is 1.72 bits per heavy atom. The largest absolute Gasteiger partial charge is 0.746 e. The van der Waals surface area contributed by atoms with Crippen LogP contribution >= 0.6 is 27.4 Å². The van der Waals surface area contributed by atoms with E-state index < -0.39 is 182 Å². The number of ketones is 1. The van der Waals surface area contributed by atoms with E-state index in [-0.39, 0.29) is 47.2 Å². The van der Waals surface area contributed by atoms with Gasteiger partial charge in [0.1, 0.15) is 45.8 Å². The minimum absolute atomic E-state index is 0.0452. The summed E-state index contributed by atoms with van der Waals surface area (Å²) >= 11 is 0.0452. The molecule has 6 aromatic rings. The number of hydrogen-bond donors (Lipinski definition) is 10. The average molecular weight is 1440 g/mol. The minimum Gasteiger partial charge on any atom is -0.746 e. The van der Waals surface area contributed by atoms with E-state index in [0.717, 1.165) is 29.6 Å². The molecule has 3 atom stereocenters. The number of nitrogens with one attached hydrogen (secondary N) is 2. The van der Waals surface area contributed by atoms with Gasteiger partial charge in [0.2, 0.25) is 17.2 Å². The maximum absolute atomic E-state index is 16.4. The summed E-state index contributed by atoms with van der Waals surface area (Å²) in [6, 6.07) is 11.0. The first-order chi connectivity index (χ1) is 45.9. The van der Waals surface area contributed by atoms with Gasteiger partial charge in [-0.2, -0.15) is 4.39 Å². The van der Waals surface area contributed by atoms with Crippen molar-refractivity contribution in [1.82, 2.24) is 10.2 Å². The number of Topliss-reactive ketones (excluding diaryl/α,β-unsaturated/α-hetero) is 1. The average Bonchev–Trinajstić information content (AvgIpc) is 0.729. The molecule has 2 heterocycles. The fourth-order valence-electron chi connectivity index (χ4n) is 8.61. The van der Waals surface area contributed by atoms with Crippen LogP contribution in [0.5, 0.6) is 23.0 Å². The molecule has 530 valence electrons. The van der Waals surface area contributed by atoms with Gasteiger partial charge in [0.05, 0.1) is 36.8 Å². The number of amides is 4. The Labute approximate surface area is 556 Å². The number of thioether (sulfide) groups is 1. The van der Waals surface area contributed by atoms with Gasteiger partial charge in [-0.1, -0.05) is 57.9 Å². The van der Waals surface area contributed by atoms with Crippen molar-refractivity contribution in [3.63, 3.8) is 0 Å². The molecule has 5 aromatic carbocycles. The molecule has 8 rings (SSSR count). The number of aromatic carboxylic acids is 1. The van der Waals surface area contributed by atoms with Crippen LogP contribution in [-0.2, 0) is 31.7 Å². The van der Waals surface area contributed by atoms with Crippen molar-refractivity contribution >= 4 is 78.9 Å². The lowest BCUT2D eigenvalue weighted by Gasteiger charge is -2.21. The first-order valence-electron chi connectivity index (χ1n) is 29.0. The zero-order valence-electron chi connectivity index (χ0n) is 52.7. The normalized spacial score (nSPS) is 12.4. The second kappa shape index (κ2) is 36.3. The van der Waals surface area contributed by atoms with E-state index in [1.54, 1.807) is 4.90 Å². The number of benzene rings is 6. The van der Waals surface area contributed by atoms with Crippen LogP contribution in [-0.4, -0.2) is 104 Å². The molecule has 36 heteroatoms. The number of nitrogens with zero attached hydrogens (tertiary/aromatic N) is 1. The third-order valence-corrected chi connectivity index (χ3v) is 15.5. The number of carboxylic acids is 1. The molecular formula is C62H66F7N6O20P2S-. The second-order valence-corrected chi connectivity index (χ2v) is 23.8. The van der Waals surface area contributed by atoms with E-state index in [9.17, 15) is 85.4 Å². The Morgan fingerprint density at radius 2 is 1.24 bits per heavy atom. The number of nitrogens with two attached hydrogens (primary N) is 3. The number of phenolic OH excluding ortho intramolecular Hbond substituents is 2. The molecule has 0 bridgehead atoms. The number of carbonyl (C=O) groups excluding carboxylic acids is 4. The Balaban J connectivity index is 0.000000369. The molecule has 1 aromatic heterocycles. The van der Waals surface area contributed by atoms with E-state index in [4.69, 9.17) is 31.4 Å². The molecule has 1 aliphatic heterocycles. The Bertz CT molecular complexity index is 4380. The summed E-state index contributed by atoms with van der Waals surface area (Å²) in [6.07, 6.45) is 2.45. The highest BCUT2D eigenvalue weighted by molar-refractivity contribution is 8.00. The number of quaternary nitrogens is 1. The number of hydrogen-bond acceptors (Lipinski definition) is 19. The number of carboxylic acid groups (broad SMARTS) is 1. The zero-order chi connectivity index (χ0) is 73.8. The Hall–Kier alpha value is -9.37. The topological polar surface area (TPSA) is 443 Å². The smallest absolute Gasteiger partial charge is 0.349 e. The highest BCUT2D eigenvalue weighted by Gasteiger charge is 2.35. The van der Waals surface area contributed by atoms with Gasteiger partial charge in [0.15, 0.2) is 52.0 Å². The Kier molecular flexibility index (Phi) is 30.0. The summed E-state index contributed by atoms with van der Waals surface area (Å²) in [4.78, 5) is 126. The van der Waals surface area contributed by atoms with Crippen LogP contribution in [0.1, 0.15) is 86.2 Å². The standard InChI is InChI=1S/C31H20F5N2O11PS.C19H15F2N2O9P.C6H15N.C4H10.C2H7N/c32-17-5-15-21(7-19(17)40)48-22-8-20(41)18(33)6-16(22)23(15)24-25(30(42)43)26(34)28(36)29(27(24)35)51-11-13(39)10-38(31(37)44)9-12-1-3-14(4-2-12)49-50(45,46)47;20-12-7-9-6-11(19(27)31-16(9)14(21)15(12)24)18(26)23-13(17(22)25)5-8-1-3-10(4-2-8)32-33(28,29)30;1-4-7(5-2)6-3;1-3-4-2;1-2-3/h1-8,40H,9-11H2,(H2,37,44)(H,42,43)(H2,45,46,47);1-4,6-7,13,24H,5H2,(H2,22,25)(H,23,26)(H2,28,29,30);4-6H2,1-3H3;3-4H2,1-2H3;2-3H2,1H3/p-1. The number of aromatic hydroxyl groups is 2. The van der Waals surface area contributed by atoms with Crippen molar-refractivity contribution in [3.05, 3.63) is 169 Å². The SMILES string of the molecule is CCCC.CCN.CC[NH+](CC)CC.NC(=O)C(Cc1ccc(OP(=O)([O-])O)cc1)NC(=O)c1cc2cc(F)c(O)c(F)c2oc1=O.NC(=O)N(CC(=O)CSc1c(F)c(F)c(C(=O)O)c(-c2c3cc(F)c(=O)cc-3oc3cc(O)c(F)cc23)c1F)Cc1ccc(OP(=O)([O-])O)cc1. The van der Waals surface area contributed by atoms with E-state index in [0.29, 0.717) is 35.9 Å². The lowest BCUT2D eigenvalue weighted by molar-refractivity contribution is -0.894. The first-order valence-corrected chi connectivity index (χ1v) is 33.0. The number of primary amides is 2. The number of unbranched alkanes of at least 4 members (excludes halogenated alkanes) is 1. The highest BCUT2D eigenvalue weighted by Crippen LogP contribution is 2.47. The second-order valence-electron chi connectivity index (χ2n) is 20.5. The van der Waals surface area contributed by atoms with Crippen molar-refractivity contribution in [3.8, 4) is 45.4 Å². The van der Waals surface area contributed by atoms with E-state index >= 15 is 13.2 Å². The summed E-state index contributed by atoms with van der Waals surface area (Å²) in [7, 11) is -10.1. The van der Waals surface area contributed by atoms with E-state index in [1.807, 2.05) is 6.92 Å². The van der Waals surface area contributed by atoms with E-state index in [1.165, 1.54) is 68.9 Å². The summed E-state index contributed by atoms with van der Waals surface area (Å²) < 4.78 is 144. The first kappa shape index (κ1) is 81.1. The molecule has 13 N–H and O–H groups in total. The third-order valence-electron chi connectivity index (χ3n) is 13.5. The maximum atomic E-state index is 16.4. The molecule has 98 heavy (non-hydrogen) atoms. The molecular weight excluding hydrogens is 1380 g/mol. The molecule has 0 saturated carbocycles. The van der Waals surface area contributed by atoms with Gasteiger partial charge >= 0.3 is 33.3 Å². The lowest BCUT2D eigenvalue weighted by Crippen LogP contribution is -3.11. The van der Waals surface area contributed by atoms with Crippen LogP contribution in [0, 0.1) is 40.7 Å². The number of phenols is 2. The summed E-state index contributed by atoms with van der Waals surface area (Å²) in [5.74, 6) is -21.2. The Morgan fingerprint density at radius 1 is 0.704 bits per heavy atom. The number of fused-ring (bicyclic) bond motifs is 3. The highest BCUT2D eigenvalue weighted by atomic mass is 32.2. The molecule has 4 amide bonds. The molecule has 0 fully saturated rings. The van der Waals surface area contributed by atoms with Crippen LogP contribution in [0.2, 0.25) is 0 Å².